The number of halogens is 2. The Bertz CT molecular complexity index is 376. The van der Waals surface area contributed by atoms with Gasteiger partial charge in [-0.05, 0) is 39.4 Å². The molecule has 1 fully saturated rings. The van der Waals surface area contributed by atoms with Gasteiger partial charge in [0.05, 0.1) is 13.1 Å². The van der Waals surface area contributed by atoms with Crippen LogP contribution in [-0.4, -0.2) is 53.7 Å². The van der Waals surface area contributed by atoms with Crippen LogP contribution in [0.1, 0.15) is 24.6 Å². The molecule has 1 aromatic rings. The van der Waals surface area contributed by atoms with Crippen molar-refractivity contribution in [2.24, 2.45) is 11.7 Å². The van der Waals surface area contributed by atoms with Gasteiger partial charge in [-0.25, -0.2) is 0 Å². The Balaban J connectivity index is 0.00000180. The summed E-state index contributed by atoms with van der Waals surface area (Å²) in [6.45, 7) is 4.53. The monoisotopic (exact) mass is 325 g/mol. The largest absolute Gasteiger partial charge is 0.338 e. The summed E-state index contributed by atoms with van der Waals surface area (Å²) in [5.41, 5.74) is 5.44. The van der Waals surface area contributed by atoms with Gasteiger partial charge in [-0.2, -0.15) is 4.98 Å². The maximum absolute atomic E-state index is 5.44. The zero-order valence-electron chi connectivity index (χ0n) is 12.1. The average molecular weight is 326 g/mol. The Kier molecular flexibility index (Phi) is 9.33. The number of hydrogen-bond donors (Lipinski definition) is 1. The first kappa shape index (κ1) is 19.6. The van der Waals surface area contributed by atoms with Gasteiger partial charge in [-0.3, -0.25) is 4.90 Å². The van der Waals surface area contributed by atoms with Crippen molar-refractivity contribution in [2.75, 3.05) is 33.7 Å². The third-order valence-corrected chi connectivity index (χ3v) is 3.39. The quantitative estimate of drug-likeness (QED) is 0.875. The number of hydrogen-bond acceptors (Lipinski definition) is 6. The summed E-state index contributed by atoms with van der Waals surface area (Å²) in [6.07, 6.45) is 2.61. The molecule has 1 aliphatic rings. The molecule has 2 heterocycles. The second kappa shape index (κ2) is 9.52. The molecule has 1 saturated heterocycles. The predicted octanol–water partition coefficient (Wildman–Crippen LogP) is 1.15. The third kappa shape index (κ3) is 5.93. The summed E-state index contributed by atoms with van der Waals surface area (Å²) in [5, 5.41) is 3.92. The second-order valence-corrected chi connectivity index (χ2v) is 5.28. The Morgan fingerprint density at radius 3 is 2.80 bits per heavy atom. The van der Waals surface area contributed by atoms with Gasteiger partial charge in [0.2, 0.25) is 5.89 Å². The van der Waals surface area contributed by atoms with Crippen molar-refractivity contribution in [1.29, 1.82) is 0 Å². The van der Waals surface area contributed by atoms with Gasteiger partial charge >= 0.3 is 0 Å². The van der Waals surface area contributed by atoms with Crippen LogP contribution in [0.2, 0.25) is 0 Å². The van der Waals surface area contributed by atoms with E-state index in [4.69, 9.17) is 10.3 Å². The Morgan fingerprint density at radius 1 is 1.45 bits per heavy atom. The van der Waals surface area contributed by atoms with Crippen LogP contribution in [-0.2, 0) is 13.1 Å². The van der Waals surface area contributed by atoms with E-state index in [1.807, 2.05) is 0 Å². The van der Waals surface area contributed by atoms with E-state index in [0.29, 0.717) is 12.4 Å². The van der Waals surface area contributed by atoms with Crippen LogP contribution in [0.3, 0.4) is 0 Å². The summed E-state index contributed by atoms with van der Waals surface area (Å²) in [5.74, 6) is 1.98. The van der Waals surface area contributed by atoms with Gasteiger partial charge in [0.1, 0.15) is 0 Å². The zero-order chi connectivity index (χ0) is 13.0. The standard InChI is InChI=1S/C12H23N5O.2ClH/c1-16-5-3-4-10(7-16)8-17(2)9-11-14-12(6-13)18-15-11;;/h10H,3-9,13H2,1-2H3;2*1H. The topological polar surface area (TPSA) is 71.4 Å². The first-order valence-electron chi connectivity index (χ1n) is 6.56. The van der Waals surface area contributed by atoms with Crippen molar-refractivity contribution in [1.82, 2.24) is 19.9 Å². The smallest absolute Gasteiger partial charge is 0.240 e. The normalized spacial score (nSPS) is 19.5. The van der Waals surface area contributed by atoms with E-state index in [0.717, 1.165) is 24.8 Å². The van der Waals surface area contributed by atoms with Crippen LogP contribution in [0.5, 0.6) is 0 Å². The molecule has 2 N–H and O–H groups in total. The van der Waals surface area contributed by atoms with Gasteiger partial charge in [0.15, 0.2) is 5.82 Å². The van der Waals surface area contributed by atoms with E-state index >= 15 is 0 Å². The molecule has 6 nitrogen and oxygen atoms in total. The van der Waals surface area contributed by atoms with Gasteiger partial charge in [-0.1, -0.05) is 5.16 Å². The van der Waals surface area contributed by atoms with Crippen LogP contribution in [0, 0.1) is 5.92 Å². The van der Waals surface area contributed by atoms with E-state index < -0.39 is 0 Å². The highest BCUT2D eigenvalue weighted by Crippen LogP contribution is 2.16. The molecule has 1 unspecified atom stereocenters. The molecule has 0 amide bonds. The van der Waals surface area contributed by atoms with Crippen LogP contribution in [0.15, 0.2) is 4.52 Å². The van der Waals surface area contributed by atoms with E-state index in [1.54, 1.807) is 0 Å². The summed E-state index contributed by atoms with van der Waals surface area (Å²) in [6, 6.07) is 0. The van der Waals surface area contributed by atoms with Crippen molar-refractivity contribution in [3.8, 4) is 0 Å². The van der Waals surface area contributed by atoms with E-state index in [9.17, 15) is 0 Å². The minimum atomic E-state index is 0. The lowest BCUT2D eigenvalue weighted by atomic mass is 9.98. The van der Waals surface area contributed by atoms with Crippen LogP contribution in [0.25, 0.3) is 0 Å². The molecule has 2 rings (SSSR count). The molecule has 1 aliphatic heterocycles. The number of piperidine rings is 1. The predicted molar refractivity (Wildman–Crippen MR) is 83.2 cm³/mol. The summed E-state index contributed by atoms with van der Waals surface area (Å²) < 4.78 is 5.00. The van der Waals surface area contributed by atoms with Crippen LogP contribution >= 0.6 is 24.8 Å². The molecule has 0 saturated carbocycles. The molecular weight excluding hydrogens is 301 g/mol. The summed E-state index contributed by atoms with van der Waals surface area (Å²) in [7, 11) is 4.30. The Hall–Kier alpha value is -0.400. The highest BCUT2D eigenvalue weighted by atomic mass is 35.5. The van der Waals surface area contributed by atoms with Crippen molar-refractivity contribution in [2.45, 2.75) is 25.9 Å². The lowest BCUT2D eigenvalue weighted by Crippen LogP contribution is -2.37. The lowest BCUT2D eigenvalue weighted by Gasteiger charge is -2.32. The number of nitrogens with zero attached hydrogens (tertiary/aromatic N) is 4. The fourth-order valence-corrected chi connectivity index (χ4v) is 2.61. The Morgan fingerprint density at radius 2 is 2.20 bits per heavy atom. The first-order valence-corrected chi connectivity index (χ1v) is 6.56. The van der Waals surface area contributed by atoms with Crippen molar-refractivity contribution >= 4 is 24.8 Å². The number of rotatable bonds is 5. The molecule has 1 atom stereocenters. The maximum Gasteiger partial charge on any atom is 0.240 e. The van der Waals surface area contributed by atoms with Gasteiger partial charge in [0, 0.05) is 13.1 Å². The first-order chi connectivity index (χ1) is 8.67. The van der Waals surface area contributed by atoms with Crippen molar-refractivity contribution < 1.29 is 4.52 Å². The molecule has 0 aromatic carbocycles. The molecule has 20 heavy (non-hydrogen) atoms. The fraction of sp³-hybridized carbons (Fsp3) is 0.833. The van der Waals surface area contributed by atoms with E-state index in [-0.39, 0.29) is 24.8 Å². The van der Waals surface area contributed by atoms with Gasteiger partial charge in [-0.15, -0.1) is 24.8 Å². The Labute approximate surface area is 132 Å². The number of likely N-dealkylation sites (tertiary alicyclic amines) is 1. The maximum atomic E-state index is 5.44. The molecule has 0 spiro atoms. The third-order valence-electron chi connectivity index (χ3n) is 3.39. The second-order valence-electron chi connectivity index (χ2n) is 5.28. The SMILES string of the molecule is CN1CCCC(CN(C)Cc2noc(CN)n2)C1.Cl.Cl. The summed E-state index contributed by atoms with van der Waals surface area (Å²) >= 11 is 0. The molecule has 8 heteroatoms. The molecule has 0 bridgehead atoms. The van der Waals surface area contributed by atoms with E-state index in [1.165, 1.54) is 25.9 Å². The zero-order valence-corrected chi connectivity index (χ0v) is 13.8. The number of aromatic nitrogens is 2. The minimum Gasteiger partial charge on any atom is -0.338 e. The molecule has 0 aliphatic carbocycles. The highest BCUT2D eigenvalue weighted by molar-refractivity contribution is 5.85. The molecule has 118 valence electrons. The van der Waals surface area contributed by atoms with Crippen LogP contribution in [0.4, 0.5) is 0 Å². The summed E-state index contributed by atoms with van der Waals surface area (Å²) in [4.78, 5) is 8.89. The van der Waals surface area contributed by atoms with Crippen LogP contribution < -0.4 is 5.73 Å². The number of nitrogens with two attached hydrogens (primary N) is 1. The minimum absolute atomic E-state index is 0. The van der Waals surface area contributed by atoms with Gasteiger partial charge < -0.3 is 15.2 Å². The molecule has 0 radical (unpaired) electrons. The highest BCUT2D eigenvalue weighted by Gasteiger charge is 2.19. The van der Waals surface area contributed by atoms with E-state index in [2.05, 4.69) is 34.0 Å². The lowest BCUT2D eigenvalue weighted by molar-refractivity contribution is 0.161. The fourth-order valence-electron chi connectivity index (χ4n) is 2.61. The molecule has 1 aromatic heterocycles. The van der Waals surface area contributed by atoms with Gasteiger partial charge in [0.25, 0.3) is 0 Å². The molecular formula is C12H25Cl2N5O. The average Bonchev–Trinajstić information content (AvgIpc) is 2.76. The van der Waals surface area contributed by atoms with Crippen molar-refractivity contribution in [3.63, 3.8) is 0 Å². The van der Waals surface area contributed by atoms with Crippen molar-refractivity contribution in [3.05, 3.63) is 11.7 Å².